The molecule has 0 amide bonds. The molecule has 0 aromatic carbocycles. The number of hydrogen-bond donors (Lipinski definition) is 0. The number of aldehydes is 1. The van der Waals surface area contributed by atoms with Gasteiger partial charge in [0, 0.05) is 5.56 Å². The highest BCUT2D eigenvalue weighted by Gasteiger charge is 2.33. The van der Waals surface area contributed by atoms with E-state index in [1.54, 1.807) is 4.68 Å². The third-order valence-corrected chi connectivity index (χ3v) is 5.33. The molecule has 1 aromatic heterocycles. The smallest absolute Gasteiger partial charge is 0.168 e. The Hall–Kier alpha value is -1.17. The molecule has 0 atom stereocenters. The van der Waals surface area contributed by atoms with Crippen molar-refractivity contribution in [3.8, 4) is 0 Å². The summed E-state index contributed by atoms with van der Waals surface area (Å²) >= 11 is 0. The molecule has 1 aromatic rings. The molecule has 0 N–H and O–H groups in total. The lowest BCUT2D eigenvalue weighted by atomic mass is 9.95. The first-order chi connectivity index (χ1) is 8.61. The maximum atomic E-state index is 11.5. The molecule has 2 heterocycles. The van der Waals surface area contributed by atoms with Crippen molar-refractivity contribution in [2.24, 2.45) is 0 Å². The van der Waals surface area contributed by atoms with Crippen LogP contribution in [0.25, 0.3) is 0 Å². The van der Waals surface area contributed by atoms with Gasteiger partial charge in [-0.1, -0.05) is 19.3 Å². The van der Waals surface area contributed by atoms with Gasteiger partial charge in [0.25, 0.3) is 0 Å². The van der Waals surface area contributed by atoms with E-state index in [0.717, 1.165) is 32.0 Å². The first kappa shape index (κ1) is 11.9. The van der Waals surface area contributed by atoms with Gasteiger partial charge in [0.2, 0.25) is 0 Å². The molecule has 2 aliphatic rings. The number of rotatable bonds is 2. The number of carbonyl (C=O) groups excluding carboxylic acids is 1. The molecule has 0 bridgehead atoms. The highest BCUT2D eigenvalue weighted by molar-refractivity contribution is 7.90. The third kappa shape index (κ3) is 1.88. The van der Waals surface area contributed by atoms with Crippen LogP contribution in [-0.2, 0) is 21.3 Å². The first-order valence-corrected chi connectivity index (χ1v) is 8.19. The summed E-state index contributed by atoms with van der Waals surface area (Å²) in [5.41, 5.74) is 1.70. The maximum absolute atomic E-state index is 11.5. The van der Waals surface area contributed by atoms with Crippen molar-refractivity contribution < 1.29 is 13.2 Å². The molecule has 1 aliphatic carbocycles. The van der Waals surface area contributed by atoms with E-state index in [2.05, 4.69) is 5.10 Å². The van der Waals surface area contributed by atoms with Crippen LogP contribution in [0.1, 0.15) is 59.9 Å². The quantitative estimate of drug-likeness (QED) is 0.764. The molecule has 0 spiro atoms. The fourth-order valence-corrected chi connectivity index (χ4v) is 4.52. The van der Waals surface area contributed by atoms with E-state index in [1.807, 2.05) is 0 Å². The minimum absolute atomic E-state index is 0.0110. The third-order valence-electron chi connectivity index (χ3n) is 3.89. The Bertz CT molecular complexity index is 583. The second kappa shape index (κ2) is 4.19. The van der Waals surface area contributed by atoms with Crippen molar-refractivity contribution in [3.63, 3.8) is 0 Å². The Morgan fingerprint density at radius 3 is 2.56 bits per heavy atom. The van der Waals surface area contributed by atoms with Crippen molar-refractivity contribution in [2.75, 3.05) is 0 Å². The van der Waals surface area contributed by atoms with Crippen molar-refractivity contribution in [1.29, 1.82) is 0 Å². The van der Waals surface area contributed by atoms with Crippen molar-refractivity contribution >= 4 is 16.1 Å². The van der Waals surface area contributed by atoms with E-state index >= 15 is 0 Å². The molecule has 1 aliphatic heterocycles. The van der Waals surface area contributed by atoms with Gasteiger partial charge in [0.15, 0.2) is 16.1 Å². The number of hydrogen-bond acceptors (Lipinski definition) is 4. The predicted octanol–water partition coefficient (Wildman–Crippen LogP) is 1.63. The van der Waals surface area contributed by atoms with Gasteiger partial charge in [-0.25, -0.2) is 8.42 Å². The number of nitrogens with zero attached hydrogens (tertiary/aromatic N) is 2. The lowest BCUT2D eigenvalue weighted by Gasteiger charge is -2.23. The van der Waals surface area contributed by atoms with Crippen molar-refractivity contribution in [2.45, 2.75) is 49.7 Å². The fourth-order valence-electron chi connectivity index (χ4n) is 3.01. The molecule has 6 heteroatoms. The van der Waals surface area contributed by atoms with Gasteiger partial charge in [-0.05, 0) is 12.8 Å². The van der Waals surface area contributed by atoms with Crippen LogP contribution in [0.4, 0.5) is 0 Å². The Morgan fingerprint density at radius 1 is 1.17 bits per heavy atom. The molecule has 98 valence electrons. The van der Waals surface area contributed by atoms with Gasteiger partial charge in [-0.15, -0.1) is 0 Å². The zero-order valence-electron chi connectivity index (χ0n) is 10.1. The topological polar surface area (TPSA) is 69.0 Å². The molecule has 1 fully saturated rings. The molecular weight excluding hydrogens is 252 g/mol. The van der Waals surface area contributed by atoms with E-state index in [0.29, 0.717) is 17.0 Å². The van der Waals surface area contributed by atoms with Gasteiger partial charge < -0.3 is 0 Å². The minimum atomic E-state index is -3.08. The molecule has 5 nitrogen and oxygen atoms in total. The Labute approximate surface area is 106 Å². The van der Waals surface area contributed by atoms with Crippen LogP contribution in [-0.4, -0.2) is 24.5 Å². The SMILES string of the molecule is O=Cc1c2c(nn1C1CCCCC1)CS(=O)(=O)C2. The maximum Gasteiger partial charge on any atom is 0.168 e. The minimum Gasteiger partial charge on any atom is -0.296 e. The Morgan fingerprint density at radius 2 is 1.89 bits per heavy atom. The number of sulfone groups is 1. The predicted molar refractivity (Wildman–Crippen MR) is 66.1 cm³/mol. The summed E-state index contributed by atoms with van der Waals surface area (Å²) in [6.45, 7) is 0. The van der Waals surface area contributed by atoms with Crippen molar-refractivity contribution in [3.05, 3.63) is 17.0 Å². The van der Waals surface area contributed by atoms with Gasteiger partial charge in [0.05, 0.1) is 23.2 Å². The summed E-state index contributed by atoms with van der Waals surface area (Å²) in [5, 5.41) is 4.39. The molecule has 1 saturated carbocycles. The molecule has 18 heavy (non-hydrogen) atoms. The summed E-state index contributed by atoms with van der Waals surface area (Å²) in [6, 6.07) is 0.271. The zero-order chi connectivity index (χ0) is 12.8. The second-order valence-corrected chi connectivity index (χ2v) is 7.26. The molecule has 0 unspecified atom stereocenters. The summed E-state index contributed by atoms with van der Waals surface area (Å²) in [4.78, 5) is 11.2. The summed E-state index contributed by atoms with van der Waals surface area (Å²) in [7, 11) is -3.08. The summed E-state index contributed by atoms with van der Waals surface area (Å²) < 4.78 is 24.9. The van der Waals surface area contributed by atoms with Crippen LogP contribution < -0.4 is 0 Å². The largest absolute Gasteiger partial charge is 0.296 e. The normalized spacial score (nSPS) is 22.9. The average molecular weight is 268 g/mol. The van der Waals surface area contributed by atoms with Gasteiger partial charge in [-0.2, -0.15) is 5.10 Å². The van der Waals surface area contributed by atoms with Gasteiger partial charge in [-0.3, -0.25) is 9.48 Å². The van der Waals surface area contributed by atoms with Crippen LogP contribution in [0.5, 0.6) is 0 Å². The van der Waals surface area contributed by atoms with Crippen LogP contribution >= 0.6 is 0 Å². The van der Waals surface area contributed by atoms with Crippen LogP contribution in [0, 0.1) is 0 Å². The van der Waals surface area contributed by atoms with Gasteiger partial charge >= 0.3 is 0 Å². The van der Waals surface area contributed by atoms with Crippen LogP contribution in [0.3, 0.4) is 0 Å². The van der Waals surface area contributed by atoms with Crippen molar-refractivity contribution in [1.82, 2.24) is 9.78 Å². The van der Waals surface area contributed by atoms with E-state index in [9.17, 15) is 13.2 Å². The number of carbonyl (C=O) groups is 1. The van der Waals surface area contributed by atoms with Gasteiger partial charge in [0.1, 0.15) is 5.69 Å². The highest BCUT2D eigenvalue weighted by atomic mass is 32.2. The van der Waals surface area contributed by atoms with E-state index < -0.39 is 9.84 Å². The second-order valence-electron chi connectivity index (χ2n) is 5.20. The Kier molecular flexibility index (Phi) is 2.77. The summed E-state index contributed by atoms with van der Waals surface area (Å²) in [5.74, 6) is -0.0357. The molecule has 0 saturated heterocycles. The molecule has 3 rings (SSSR count). The number of fused-ring (bicyclic) bond motifs is 1. The summed E-state index contributed by atoms with van der Waals surface area (Å²) in [6.07, 6.45) is 6.39. The van der Waals surface area contributed by atoms with E-state index in [-0.39, 0.29) is 17.5 Å². The standard InChI is InChI=1S/C12H16N2O3S/c15-6-12-10-7-18(16,17)8-11(10)13-14(12)9-4-2-1-3-5-9/h6,9H,1-5,7-8H2. The van der Waals surface area contributed by atoms with E-state index in [4.69, 9.17) is 0 Å². The average Bonchev–Trinajstić information content (AvgIpc) is 2.81. The lowest BCUT2D eigenvalue weighted by molar-refractivity contribution is 0.110. The fraction of sp³-hybridized carbons (Fsp3) is 0.667. The number of aromatic nitrogens is 2. The highest BCUT2D eigenvalue weighted by Crippen LogP contribution is 2.33. The monoisotopic (exact) mass is 268 g/mol. The van der Waals surface area contributed by atoms with Crippen LogP contribution in [0.2, 0.25) is 0 Å². The molecular formula is C12H16N2O3S. The first-order valence-electron chi connectivity index (χ1n) is 6.36. The lowest BCUT2D eigenvalue weighted by Crippen LogP contribution is -2.17. The van der Waals surface area contributed by atoms with Crippen LogP contribution in [0.15, 0.2) is 0 Å². The van der Waals surface area contributed by atoms with E-state index in [1.165, 1.54) is 6.42 Å². The zero-order valence-corrected chi connectivity index (χ0v) is 10.9. The molecule has 0 radical (unpaired) electrons. The Balaban J connectivity index is 2.00.